The molecule has 0 saturated carbocycles. The summed E-state index contributed by atoms with van der Waals surface area (Å²) in [5, 5.41) is 2.81. The molecule has 0 fully saturated rings. The Labute approximate surface area is 148 Å². The zero-order valence-corrected chi connectivity index (χ0v) is 15.5. The van der Waals surface area contributed by atoms with Crippen LogP contribution in [0.4, 0.5) is 0 Å². The molecule has 0 bridgehead atoms. The highest BCUT2D eigenvalue weighted by molar-refractivity contribution is 5.98. The van der Waals surface area contributed by atoms with Crippen molar-refractivity contribution in [3.05, 3.63) is 47.2 Å². The van der Waals surface area contributed by atoms with Gasteiger partial charge in [-0.2, -0.15) is 0 Å². The van der Waals surface area contributed by atoms with Crippen LogP contribution in [0.5, 0.6) is 0 Å². The quantitative estimate of drug-likeness (QED) is 0.782. The zero-order chi connectivity index (χ0) is 18.6. The molecule has 1 unspecified atom stereocenters. The third kappa shape index (κ3) is 4.53. The van der Waals surface area contributed by atoms with Gasteiger partial charge in [0, 0.05) is 11.4 Å². The first-order valence-electron chi connectivity index (χ1n) is 8.41. The second-order valence-electron chi connectivity index (χ2n) is 6.63. The molecule has 2 aromatic rings. The highest BCUT2D eigenvalue weighted by Crippen LogP contribution is 2.18. The van der Waals surface area contributed by atoms with Crippen molar-refractivity contribution in [2.24, 2.45) is 5.92 Å². The summed E-state index contributed by atoms with van der Waals surface area (Å²) in [6.45, 7) is 8.39. The molecule has 0 aromatic carbocycles. The molecule has 2 aromatic heterocycles. The predicted octanol–water partition coefficient (Wildman–Crippen LogP) is 3.06. The summed E-state index contributed by atoms with van der Waals surface area (Å²) in [6, 6.07) is 4.92. The van der Waals surface area contributed by atoms with Gasteiger partial charge in [0.1, 0.15) is 11.8 Å². The number of carbonyl (C=O) groups excluding carboxylic acids is 2. The largest absolute Gasteiger partial charge is 0.467 e. The third-order valence-corrected chi connectivity index (χ3v) is 4.21. The molecular formula is C19H26N2O4. The monoisotopic (exact) mass is 346 g/mol. The fourth-order valence-corrected chi connectivity index (χ4v) is 2.90. The molecule has 0 aliphatic carbocycles. The number of aromatic nitrogens is 1. The Kier molecular flexibility index (Phi) is 6.07. The molecule has 136 valence electrons. The number of esters is 1. The number of furan rings is 1. The maximum atomic E-state index is 12.7. The van der Waals surface area contributed by atoms with Crippen molar-refractivity contribution in [1.29, 1.82) is 0 Å². The Balaban J connectivity index is 2.19. The number of aryl methyl sites for hydroxylation is 1. The van der Waals surface area contributed by atoms with E-state index in [1.807, 2.05) is 50.5 Å². The molecule has 1 atom stereocenters. The molecule has 0 aliphatic heterocycles. The molecule has 25 heavy (non-hydrogen) atoms. The number of nitrogens with zero attached hydrogens (tertiary/aromatic N) is 1. The van der Waals surface area contributed by atoms with Crippen LogP contribution >= 0.6 is 0 Å². The molecule has 0 saturated heterocycles. The number of rotatable bonds is 7. The van der Waals surface area contributed by atoms with E-state index in [2.05, 4.69) is 5.32 Å². The number of hydrogen-bond acceptors (Lipinski definition) is 4. The first-order chi connectivity index (χ1) is 11.8. The zero-order valence-electron chi connectivity index (χ0n) is 15.5. The minimum atomic E-state index is -0.648. The summed E-state index contributed by atoms with van der Waals surface area (Å²) in [5.41, 5.74) is 2.35. The minimum absolute atomic E-state index is 0.260. The third-order valence-electron chi connectivity index (χ3n) is 4.21. The number of amides is 1. The van der Waals surface area contributed by atoms with Crippen molar-refractivity contribution in [3.63, 3.8) is 0 Å². The summed E-state index contributed by atoms with van der Waals surface area (Å²) in [7, 11) is 1.33. The summed E-state index contributed by atoms with van der Waals surface area (Å²) in [6.07, 6.45) is 2.16. The Morgan fingerprint density at radius 2 is 2.04 bits per heavy atom. The van der Waals surface area contributed by atoms with Crippen LogP contribution < -0.4 is 5.32 Å². The SMILES string of the molecule is COC(=O)C(CC(C)C)NC(=O)c1cc(C)n(Cc2ccco2)c1C. The van der Waals surface area contributed by atoms with E-state index in [1.165, 1.54) is 7.11 Å². The normalized spacial score (nSPS) is 12.2. The van der Waals surface area contributed by atoms with Crippen LogP contribution in [0.3, 0.4) is 0 Å². The number of ether oxygens (including phenoxy) is 1. The molecule has 6 heteroatoms. The maximum Gasteiger partial charge on any atom is 0.328 e. The lowest BCUT2D eigenvalue weighted by atomic mass is 10.0. The van der Waals surface area contributed by atoms with Crippen molar-refractivity contribution < 1.29 is 18.7 Å². The topological polar surface area (TPSA) is 73.5 Å². The van der Waals surface area contributed by atoms with E-state index in [-0.39, 0.29) is 11.8 Å². The minimum Gasteiger partial charge on any atom is -0.467 e. The molecule has 1 amide bonds. The van der Waals surface area contributed by atoms with Crippen LogP contribution in [0.2, 0.25) is 0 Å². The second-order valence-corrected chi connectivity index (χ2v) is 6.63. The van der Waals surface area contributed by atoms with Crippen LogP contribution in [-0.4, -0.2) is 29.6 Å². The molecule has 0 spiro atoms. The molecule has 0 aliphatic rings. The maximum absolute atomic E-state index is 12.7. The average Bonchev–Trinajstić information content (AvgIpc) is 3.16. The predicted molar refractivity (Wildman–Crippen MR) is 94.4 cm³/mol. The van der Waals surface area contributed by atoms with Gasteiger partial charge in [0.25, 0.3) is 5.91 Å². The van der Waals surface area contributed by atoms with Gasteiger partial charge in [-0.1, -0.05) is 13.8 Å². The van der Waals surface area contributed by atoms with Crippen molar-refractivity contribution in [1.82, 2.24) is 9.88 Å². The number of methoxy groups -OCH3 is 1. The fraction of sp³-hybridized carbons (Fsp3) is 0.474. The highest BCUT2D eigenvalue weighted by Gasteiger charge is 2.25. The van der Waals surface area contributed by atoms with Crippen LogP contribution in [-0.2, 0) is 16.1 Å². The standard InChI is InChI=1S/C19H26N2O4/c1-12(2)9-17(19(23)24-5)20-18(22)16-10-13(3)21(14(16)4)11-15-7-6-8-25-15/h6-8,10,12,17H,9,11H2,1-5H3,(H,20,22). The van der Waals surface area contributed by atoms with Gasteiger partial charge in [-0.05, 0) is 44.4 Å². The Morgan fingerprint density at radius 3 is 2.60 bits per heavy atom. The van der Waals surface area contributed by atoms with Gasteiger partial charge in [0.15, 0.2) is 0 Å². The second kappa shape index (κ2) is 8.05. The van der Waals surface area contributed by atoms with E-state index >= 15 is 0 Å². The lowest BCUT2D eigenvalue weighted by molar-refractivity contribution is -0.143. The van der Waals surface area contributed by atoms with Gasteiger partial charge >= 0.3 is 5.97 Å². The van der Waals surface area contributed by atoms with Gasteiger partial charge in [0.05, 0.1) is 25.5 Å². The first-order valence-corrected chi connectivity index (χ1v) is 8.41. The molecule has 2 heterocycles. The summed E-state index contributed by atoms with van der Waals surface area (Å²) < 4.78 is 12.2. The smallest absolute Gasteiger partial charge is 0.328 e. The van der Waals surface area contributed by atoms with Crippen molar-refractivity contribution in [3.8, 4) is 0 Å². The fourth-order valence-electron chi connectivity index (χ4n) is 2.90. The molecule has 6 nitrogen and oxygen atoms in total. The Morgan fingerprint density at radius 1 is 1.32 bits per heavy atom. The van der Waals surface area contributed by atoms with Crippen LogP contribution in [0, 0.1) is 19.8 Å². The van der Waals surface area contributed by atoms with Crippen molar-refractivity contribution in [2.75, 3.05) is 7.11 Å². The van der Waals surface area contributed by atoms with Crippen LogP contribution in [0.1, 0.15) is 47.8 Å². The summed E-state index contributed by atoms with van der Waals surface area (Å²) in [5.74, 6) is 0.387. The highest BCUT2D eigenvalue weighted by atomic mass is 16.5. The molecule has 2 rings (SSSR count). The van der Waals surface area contributed by atoms with E-state index < -0.39 is 12.0 Å². The van der Waals surface area contributed by atoms with E-state index in [1.54, 1.807) is 6.26 Å². The summed E-state index contributed by atoms with van der Waals surface area (Å²) in [4.78, 5) is 24.6. The summed E-state index contributed by atoms with van der Waals surface area (Å²) >= 11 is 0. The van der Waals surface area contributed by atoms with E-state index in [0.717, 1.165) is 17.1 Å². The van der Waals surface area contributed by atoms with E-state index in [0.29, 0.717) is 18.5 Å². The Hall–Kier alpha value is -2.50. The lowest BCUT2D eigenvalue weighted by Gasteiger charge is -2.18. The van der Waals surface area contributed by atoms with Crippen LogP contribution in [0.15, 0.2) is 28.9 Å². The molecule has 0 radical (unpaired) electrons. The van der Waals surface area contributed by atoms with Gasteiger partial charge in [-0.25, -0.2) is 4.79 Å². The number of nitrogens with one attached hydrogen (secondary N) is 1. The molecule has 1 N–H and O–H groups in total. The number of carbonyl (C=O) groups is 2. The number of hydrogen-bond donors (Lipinski definition) is 1. The van der Waals surface area contributed by atoms with Crippen molar-refractivity contribution in [2.45, 2.75) is 46.7 Å². The van der Waals surface area contributed by atoms with Crippen LogP contribution in [0.25, 0.3) is 0 Å². The average molecular weight is 346 g/mol. The lowest BCUT2D eigenvalue weighted by Crippen LogP contribution is -2.42. The van der Waals surface area contributed by atoms with Crippen molar-refractivity contribution >= 4 is 11.9 Å². The van der Waals surface area contributed by atoms with Gasteiger partial charge in [-0.15, -0.1) is 0 Å². The van der Waals surface area contributed by atoms with E-state index in [9.17, 15) is 9.59 Å². The van der Waals surface area contributed by atoms with Gasteiger partial charge < -0.3 is 19.0 Å². The van der Waals surface area contributed by atoms with Gasteiger partial charge in [0.2, 0.25) is 0 Å². The van der Waals surface area contributed by atoms with Gasteiger partial charge in [-0.3, -0.25) is 4.79 Å². The first kappa shape index (κ1) is 18.8. The molecular weight excluding hydrogens is 320 g/mol. The Bertz CT molecular complexity index is 729. The van der Waals surface area contributed by atoms with E-state index in [4.69, 9.17) is 9.15 Å².